The van der Waals surface area contributed by atoms with Crippen molar-refractivity contribution in [1.82, 2.24) is 5.16 Å². The van der Waals surface area contributed by atoms with Gasteiger partial charge < -0.3 is 24.2 Å². The molecule has 1 fully saturated rings. The van der Waals surface area contributed by atoms with E-state index >= 15 is 0 Å². The lowest BCUT2D eigenvalue weighted by atomic mass is 10.2. The lowest BCUT2D eigenvalue weighted by Crippen LogP contribution is -2.53. The van der Waals surface area contributed by atoms with E-state index in [1.165, 1.54) is 0 Å². The van der Waals surface area contributed by atoms with Gasteiger partial charge in [-0.25, -0.2) is 0 Å². The van der Waals surface area contributed by atoms with Crippen LogP contribution in [0.15, 0.2) is 21.1 Å². The summed E-state index contributed by atoms with van der Waals surface area (Å²) in [6.45, 7) is 5.57. The normalized spacial score (nSPS) is 18.0. The number of hydrogen-bond donors (Lipinski definition) is 2. The van der Waals surface area contributed by atoms with E-state index in [4.69, 9.17) is 9.26 Å². The van der Waals surface area contributed by atoms with Crippen LogP contribution < -0.4 is 5.32 Å². The first kappa shape index (κ1) is 14.6. The molecule has 0 aliphatic carbocycles. The Morgan fingerprint density at radius 3 is 2.90 bits per heavy atom. The number of benzene rings is 1. The largest absolute Gasteiger partial charge is 0.507 e. The van der Waals surface area contributed by atoms with Crippen molar-refractivity contribution in [2.24, 2.45) is 0 Å². The van der Waals surface area contributed by atoms with Crippen LogP contribution in [0.25, 0.3) is 11.0 Å². The van der Waals surface area contributed by atoms with E-state index < -0.39 is 0 Å². The van der Waals surface area contributed by atoms with Crippen LogP contribution in [0.3, 0.4) is 0 Å². The van der Waals surface area contributed by atoms with Gasteiger partial charge in [-0.1, -0.05) is 5.16 Å². The van der Waals surface area contributed by atoms with Crippen LogP contribution in [-0.2, 0) is 4.74 Å². The minimum Gasteiger partial charge on any atom is -0.507 e. The number of phenolic OH excluding ortho intramolecular Hbond substituents is 1. The van der Waals surface area contributed by atoms with Crippen molar-refractivity contribution < 1.29 is 18.8 Å². The monoisotopic (exact) mass is 356 g/mol. The van der Waals surface area contributed by atoms with E-state index in [2.05, 4.69) is 33.5 Å². The molecule has 1 aromatic heterocycles. The Hall–Kier alpha value is -1.31. The molecular formula is C14H19BrN3O3+. The van der Waals surface area contributed by atoms with Gasteiger partial charge in [0.15, 0.2) is 11.4 Å². The average Bonchev–Trinajstić information content (AvgIpc) is 2.87. The SMILES string of the molecule is C[N+]1(CCNc2noc3c(Br)c(O)ccc23)CCOCC1. The molecule has 21 heavy (non-hydrogen) atoms. The molecule has 0 bridgehead atoms. The first-order valence-corrected chi connectivity index (χ1v) is 7.80. The van der Waals surface area contributed by atoms with Gasteiger partial charge in [0.2, 0.25) is 0 Å². The van der Waals surface area contributed by atoms with Crippen molar-refractivity contribution in [3.63, 3.8) is 0 Å². The fraction of sp³-hybridized carbons (Fsp3) is 0.500. The van der Waals surface area contributed by atoms with Crippen LogP contribution >= 0.6 is 15.9 Å². The summed E-state index contributed by atoms with van der Waals surface area (Å²) in [4.78, 5) is 0. The summed E-state index contributed by atoms with van der Waals surface area (Å²) < 4.78 is 12.2. The topological polar surface area (TPSA) is 67.5 Å². The zero-order valence-corrected chi connectivity index (χ0v) is 13.5. The molecule has 0 atom stereocenters. The van der Waals surface area contributed by atoms with E-state index in [1.54, 1.807) is 12.1 Å². The number of ether oxygens (including phenoxy) is 1. The Balaban J connectivity index is 1.67. The van der Waals surface area contributed by atoms with Gasteiger partial charge in [0.1, 0.15) is 23.3 Å². The Bertz CT molecular complexity index is 638. The number of nitrogens with zero attached hydrogens (tertiary/aromatic N) is 2. The predicted octanol–water partition coefficient (Wildman–Crippen LogP) is 2.18. The van der Waals surface area contributed by atoms with Crippen molar-refractivity contribution in [3.05, 3.63) is 16.6 Å². The summed E-state index contributed by atoms with van der Waals surface area (Å²) in [5.74, 6) is 0.863. The minimum atomic E-state index is 0.150. The highest BCUT2D eigenvalue weighted by atomic mass is 79.9. The standard InChI is InChI=1S/C14H18BrN3O3/c1-18(6-8-20-9-7-18)5-4-16-14-10-2-3-11(19)12(15)13(10)21-17-14/h2-3H,4-9H2,1H3,(H-,16,17,19)/p+1. The molecule has 1 aliphatic heterocycles. The molecule has 2 heterocycles. The van der Waals surface area contributed by atoms with Gasteiger partial charge in [0.25, 0.3) is 0 Å². The zero-order chi connectivity index (χ0) is 14.9. The van der Waals surface area contributed by atoms with E-state index in [9.17, 15) is 5.11 Å². The second-order valence-electron chi connectivity index (χ2n) is 5.64. The Morgan fingerprint density at radius 2 is 2.14 bits per heavy atom. The van der Waals surface area contributed by atoms with Crippen molar-refractivity contribution >= 4 is 32.7 Å². The Kier molecular flexibility index (Phi) is 4.05. The molecule has 2 N–H and O–H groups in total. The smallest absolute Gasteiger partial charge is 0.187 e. The van der Waals surface area contributed by atoms with Gasteiger partial charge in [-0.05, 0) is 28.1 Å². The third kappa shape index (κ3) is 3.00. The van der Waals surface area contributed by atoms with Crippen LogP contribution in [0, 0.1) is 0 Å². The molecule has 114 valence electrons. The number of hydrogen-bond acceptors (Lipinski definition) is 5. The molecule has 1 aliphatic rings. The Morgan fingerprint density at radius 1 is 1.38 bits per heavy atom. The van der Waals surface area contributed by atoms with Crippen molar-refractivity contribution in [3.8, 4) is 5.75 Å². The van der Waals surface area contributed by atoms with Gasteiger partial charge in [-0.3, -0.25) is 0 Å². The minimum absolute atomic E-state index is 0.150. The van der Waals surface area contributed by atoms with Gasteiger partial charge in [0, 0.05) is 0 Å². The zero-order valence-electron chi connectivity index (χ0n) is 11.9. The first-order chi connectivity index (χ1) is 10.1. The fourth-order valence-electron chi connectivity index (χ4n) is 2.54. The Labute approximate surface area is 131 Å². The number of fused-ring (bicyclic) bond motifs is 1. The first-order valence-electron chi connectivity index (χ1n) is 7.01. The third-order valence-electron chi connectivity index (χ3n) is 4.06. The van der Waals surface area contributed by atoms with Crippen LogP contribution in [0.1, 0.15) is 0 Å². The molecule has 7 heteroatoms. The number of halogens is 1. The highest BCUT2D eigenvalue weighted by Gasteiger charge is 2.24. The van der Waals surface area contributed by atoms with Gasteiger partial charge in [0.05, 0.1) is 38.7 Å². The van der Waals surface area contributed by atoms with E-state index in [-0.39, 0.29) is 5.75 Å². The molecule has 1 saturated heterocycles. The molecule has 1 aromatic carbocycles. The molecule has 0 spiro atoms. The maximum absolute atomic E-state index is 9.64. The van der Waals surface area contributed by atoms with Crippen molar-refractivity contribution in [2.75, 3.05) is 51.8 Å². The van der Waals surface area contributed by atoms with Gasteiger partial charge in [-0.15, -0.1) is 0 Å². The summed E-state index contributed by atoms with van der Waals surface area (Å²) in [7, 11) is 2.25. The molecule has 0 radical (unpaired) electrons. The predicted molar refractivity (Wildman–Crippen MR) is 83.5 cm³/mol. The van der Waals surface area contributed by atoms with Crippen LogP contribution in [-0.4, -0.2) is 61.2 Å². The number of likely N-dealkylation sites (N-methyl/N-ethyl adjacent to an activating group) is 1. The number of phenols is 1. The molecule has 0 saturated carbocycles. The maximum atomic E-state index is 9.64. The molecule has 6 nitrogen and oxygen atoms in total. The summed E-state index contributed by atoms with van der Waals surface area (Å²) in [6, 6.07) is 3.43. The molecule has 3 rings (SSSR count). The second kappa shape index (κ2) is 5.82. The number of aromatic hydroxyl groups is 1. The molecule has 2 aromatic rings. The number of nitrogens with one attached hydrogen (secondary N) is 1. The molecular weight excluding hydrogens is 338 g/mol. The van der Waals surface area contributed by atoms with Crippen molar-refractivity contribution in [1.29, 1.82) is 0 Å². The van der Waals surface area contributed by atoms with Gasteiger partial charge >= 0.3 is 0 Å². The molecule has 0 amide bonds. The highest BCUT2D eigenvalue weighted by molar-refractivity contribution is 9.10. The summed E-state index contributed by atoms with van der Waals surface area (Å²) >= 11 is 3.30. The number of quaternary nitrogens is 1. The van der Waals surface area contributed by atoms with Crippen molar-refractivity contribution in [2.45, 2.75) is 0 Å². The lowest BCUT2D eigenvalue weighted by molar-refractivity contribution is -0.915. The van der Waals surface area contributed by atoms with Crippen LogP contribution in [0.4, 0.5) is 5.82 Å². The highest BCUT2D eigenvalue weighted by Crippen LogP contribution is 2.35. The van der Waals surface area contributed by atoms with Crippen LogP contribution in [0.5, 0.6) is 5.75 Å². The number of anilines is 1. The average molecular weight is 357 g/mol. The van der Waals surface area contributed by atoms with Gasteiger partial charge in [-0.2, -0.15) is 0 Å². The summed E-state index contributed by atoms with van der Waals surface area (Å²) in [6.07, 6.45) is 0. The number of aromatic nitrogens is 1. The molecule has 0 unspecified atom stereocenters. The summed E-state index contributed by atoms with van der Waals surface area (Å²) in [5.41, 5.74) is 0.560. The van der Waals surface area contributed by atoms with E-state index in [0.717, 1.165) is 49.3 Å². The van der Waals surface area contributed by atoms with E-state index in [1.807, 2.05) is 0 Å². The second-order valence-corrected chi connectivity index (χ2v) is 6.43. The number of morpholine rings is 1. The number of rotatable bonds is 4. The summed E-state index contributed by atoms with van der Waals surface area (Å²) in [5, 5.41) is 17.9. The van der Waals surface area contributed by atoms with E-state index in [0.29, 0.717) is 15.9 Å². The fourth-order valence-corrected chi connectivity index (χ4v) is 2.96. The third-order valence-corrected chi connectivity index (χ3v) is 4.82. The van der Waals surface area contributed by atoms with Crippen LogP contribution in [0.2, 0.25) is 0 Å². The quantitative estimate of drug-likeness (QED) is 0.821. The lowest BCUT2D eigenvalue weighted by Gasteiger charge is -2.37. The maximum Gasteiger partial charge on any atom is 0.187 e.